The Morgan fingerprint density at radius 1 is 0.407 bits per heavy atom. The Morgan fingerprint density at radius 2 is 0.787 bits per heavy atom. The van der Waals surface area contributed by atoms with E-state index < -0.39 is 122 Å². The SMILES string of the molecule is COC1(c2cc(-c3cc(NC(=O)c4cc(C(C)(F)F)ccn4)ccc3C)cc(OCCO)n2)COC1.COC1(c2cc(-c3cc(NC(=O)c4cc(C(F)(F)F)ccn4)ccc3C)cc(NCCO)n2)COC1.COc1ncc(-c2cc(NC(=O)c3cc(C(F)(F)F)cc(C(C)(C)N)n3)ccc2C)cc1C1(C(F)F)COC1.COc1ncc(-c2cc(NC(=O)c3cc(C(F)(F)F)cc(C(C)(C)N)n3)cnc2C)cc1C1(C(F)F)COC1. The first-order chi connectivity index (χ1) is 70.6. The molecule has 796 valence electrons. The lowest BCUT2D eigenvalue weighted by molar-refractivity contribution is -0.204. The van der Waals surface area contributed by atoms with Crippen LogP contribution in [0.15, 0.2) is 177 Å². The lowest BCUT2D eigenvalue weighted by Crippen LogP contribution is -2.52. The highest BCUT2D eigenvalue weighted by atomic mass is 19.4. The summed E-state index contributed by atoms with van der Waals surface area (Å²) in [6.07, 6.45) is -13.1. The molecule has 31 nitrogen and oxygen atoms in total. The third-order valence-electron chi connectivity index (χ3n) is 24.9. The summed E-state index contributed by atoms with van der Waals surface area (Å²) in [5.74, 6) is -5.32. The predicted molar refractivity (Wildman–Crippen MR) is 520 cm³/mol. The summed E-state index contributed by atoms with van der Waals surface area (Å²) >= 11 is 0. The third-order valence-corrected chi connectivity index (χ3v) is 24.9. The molecule has 0 unspecified atom stereocenters. The molecule has 4 fully saturated rings. The fourth-order valence-corrected chi connectivity index (χ4v) is 15.9. The first-order valence-electron chi connectivity index (χ1n) is 46.0. The molecule has 0 bridgehead atoms. The van der Waals surface area contributed by atoms with Gasteiger partial charge in [-0.1, -0.05) is 18.2 Å². The molecule has 46 heteroatoms. The first kappa shape index (κ1) is 113. The second kappa shape index (κ2) is 45.6. The standard InChI is InChI=1S/C27H27F5N4O3.C26H26F5N5O3.C26H27F2N3O5.C25H25F3N4O4/c1-14-5-6-17(35-22(37)20-8-16(27(30,31)32)9-21(36-20)25(2,3)33)10-18(14)15-7-19(23(38-4)34-11-15)26(24(28)29)12-39-13-26;1-13-17(14-5-18(22(38-4)34-9-14)25(23(27)28)11-39-12-25)8-16(10-33-13)35-21(37)19-6-15(26(29,30)31)7-20(36-19)24(2,3)32;1-16-4-5-19(30-24(33)21-12-18(6-7-29-21)25(2,27)28)13-20(16)17-10-22(26(34-3)14-35-15-26)31-23(11-17)36-9-8-32;1-15-3-4-18(31-23(34)20-11-17(5-6-29-20)25(26,27)28)12-19(15)16-9-21(24(35-2)13-36-14-24)32-22(10-16)30-7-8-33/h5-11,24H,12-13,33H2,1-4H3,(H,35,37);5-10,23H,11-12,32H2,1-4H3,(H,35,37);4-7,10-13,32H,8-9,14-15H2,1-3H3,(H,30,33);3-6,9-12,33H,7-8,13-14H2,1-2H3,(H,30,32)(H,31,34). The molecule has 12 aromatic rings. The zero-order valence-corrected chi connectivity index (χ0v) is 82.9. The Morgan fingerprint density at radius 3 is 1.16 bits per heavy atom. The van der Waals surface area contributed by atoms with Crippen LogP contribution in [0, 0.1) is 27.7 Å². The molecule has 4 aliphatic heterocycles. The molecule has 11 N–H and O–H groups in total. The molecule has 0 aliphatic carbocycles. The van der Waals surface area contributed by atoms with Gasteiger partial charge in [0.15, 0.2) is 11.2 Å². The van der Waals surface area contributed by atoms with Crippen LogP contribution in [-0.4, -0.2) is 199 Å². The molecule has 16 rings (SSSR count). The second-order valence-electron chi connectivity index (χ2n) is 37.0. The van der Waals surface area contributed by atoms with Crippen LogP contribution in [0.2, 0.25) is 0 Å². The topological polar surface area (TPSA) is 420 Å². The Hall–Kier alpha value is -14.4. The molecule has 4 saturated heterocycles. The molecule has 0 atom stereocenters. The molecule has 13 heterocycles. The second-order valence-corrected chi connectivity index (χ2v) is 37.0. The van der Waals surface area contributed by atoms with E-state index in [-0.39, 0.29) is 109 Å². The minimum Gasteiger partial charge on any atom is -0.481 e. The smallest absolute Gasteiger partial charge is 0.416 e. The number of amides is 4. The number of ether oxygens (including phenoxy) is 9. The van der Waals surface area contributed by atoms with Crippen molar-refractivity contribution in [2.45, 2.75) is 133 Å². The van der Waals surface area contributed by atoms with Gasteiger partial charge in [-0.3, -0.25) is 34.1 Å². The molecule has 150 heavy (non-hydrogen) atoms. The maximum Gasteiger partial charge on any atom is 0.416 e. The van der Waals surface area contributed by atoms with Gasteiger partial charge in [-0.05, 0) is 221 Å². The number of aliphatic hydroxyl groups excluding tert-OH is 2. The van der Waals surface area contributed by atoms with Crippen molar-refractivity contribution in [1.29, 1.82) is 0 Å². The van der Waals surface area contributed by atoms with Crippen LogP contribution in [0.4, 0.5) is 94.4 Å². The largest absolute Gasteiger partial charge is 0.481 e. The van der Waals surface area contributed by atoms with E-state index in [1.54, 1.807) is 88.7 Å². The number of methoxy groups -OCH3 is 4. The number of aliphatic hydroxyl groups is 2. The van der Waals surface area contributed by atoms with Crippen LogP contribution in [0.1, 0.15) is 155 Å². The number of nitrogens with one attached hydrogen (secondary N) is 5. The number of alkyl halides is 15. The van der Waals surface area contributed by atoms with Crippen molar-refractivity contribution in [3.8, 4) is 62.1 Å². The van der Waals surface area contributed by atoms with Crippen molar-refractivity contribution in [2.24, 2.45) is 11.5 Å². The van der Waals surface area contributed by atoms with Crippen molar-refractivity contribution in [2.75, 3.05) is 134 Å². The summed E-state index contributed by atoms with van der Waals surface area (Å²) in [5, 5.41) is 31.9. The number of nitrogens with two attached hydrogens (primary N) is 2. The molecule has 4 amide bonds. The Balaban J connectivity index is 0.000000167. The number of hydrogen-bond acceptors (Lipinski definition) is 27. The van der Waals surface area contributed by atoms with E-state index in [4.69, 9.17) is 54.1 Å². The number of carbonyl (C=O) groups excluding carboxylic acids is 4. The van der Waals surface area contributed by atoms with Crippen molar-refractivity contribution in [3.05, 3.63) is 278 Å². The fourth-order valence-electron chi connectivity index (χ4n) is 15.9. The van der Waals surface area contributed by atoms with Crippen LogP contribution < -0.4 is 52.3 Å². The highest BCUT2D eigenvalue weighted by Crippen LogP contribution is 2.48. The predicted octanol–water partition coefficient (Wildman–Crippen LogP) is 18.4. The number of carbonyl (C=O) groups is 4. The van der Waals surface area contributed by atoms with E-state index in [1.165, 1.54) is 84.9 Å². The third kappa shape index (κ3) is 25.8. The maximum atomic E-state index is 14.0. The fraction of sp³-hybridized carbons (Fsp3) is 0.356. The van der Waals surface area contributed by atoms with Crippen molar-refractivity contribution >= 4 is 52.2 Å². The highest BCUT2D eigenvalue weighted by molar-refractivity contribution is 6.06. The van der Waals surface area contributed by atoms with Crippen LogP contribution in [0.5, 0.6) is 17.6 Å². The van der Waals surface area contributed by atoms with Gasteiger partial charge in [0.1, 0.15) is 46.0 Å². The molecule has 4 aliphatic rings. The summed E-state index contributed by atoms with van der Waals surface area (Å²) < 4.78 is 252. The van der Waals surface area contributed by atoms with Crippen LogP contribution in [0.25, 0.3) is 44.5 Å². The lowest BCUT2D eigenvalue weighted by Gasteiger charge is -2.41. The number of hydrogen-bond donors (Lipinski definition) is 9. The van der Waals surface area contributed by atoms with Crippen LogP contribution in [0.3, 0.4) is 0 Å². The van der Waals surface area contributed by atoms with Crippen molar-refractivity contribution in [1.82, 2.24) is 44.9 Å². The van der Waals surface area contributed by atoms with Gasteiger partial charge < -0.3 is 90.9 Å². The average molecular weight is 2100 g/mol. The summed E-state index contributed by atoms with van der Waals surface area (Å²) in [6, 6.07) is 33.9. The molecular formula is C104H105F15N16O15. The number of aryl methyl sites for hydroxylation is 4. The number of benzene rings is 3. The van der Waals surface area contributed by atoms with Gasteiger partial charge in [-0.15, -0.1) is 0 Å². The van der Waals surface area contributed by atoms with Gasteiger partial charge in [0.2, 0.25) is 17.6 Å². The lowest BCUT2D eigenvalue weighted by atomic mass is 9.78. The molecule has 9 aromatic heterocycles. The number of anilines is 5. The zero-order chi connectivity index (χ0) is 109. The van der Waals surface area contributed by atoms with Crippen molar-refractivity contribution < 1.29 is 138 Å². The summed E-state index contributed by atoms with van der Waals surface area (Å²) in [5.41, 5.74) is 10.8. The molecule has 0 spiro atoms. The Bertz CT molecular complexity index is 6470. The van der Waals surface area contributed by atoms with Gasteiger partial charge in [-0.2, -0.15) is 39.5 Å². The van der Waals surface area contributed by atoms with E-state index in [0.29, 0.717) is 114 Å². The Kier molecular flexibility index (Phi) is 34.3. The Labute approximate surface area is 849 Å². The van der Waals surface area contributed by atoms with Gasteiger partial charge in [-0.25, -0.2) is 56.2 Å². The quantitative estimate of drug-likeness (QED) is 0.0182. The van der Waals surface area contributed by atoms with E-state index in [9.17, 15) is 95.2 Å². The molecule has 0 radical (unpaired) electrons. The van der Waals surface area contributed by atoms with E-state index in [2.05, 4.69) is 71.4 Å². The maximum absolute atomic E-state index is 14.0. The molecule has 0 saturated carbocycles. The first-order valence-corrected chi connectivity index (χ1v) is 46.0. The van der Waals surface area contributed by atoms with Gasteiger partial charge in [0.25, 0.3) is 42.4 Å². The normalized spacial score (nSPS) is 14.9. The van der Waals surface area contributed by atoms with E-state index in [0.717, 1.165) is 76.3 Å². The van der Waals surface area contributed by atoms with Crippen molar-refractivity contribution in [3.63, 3.8) is 0 Å². The average Bonchev–Trinajstić information content (AvgIpc) is 0.749. The highest BCUT2D eigenvalue weighted by Gasteiger charge is 2.53. The minimum atomic E-state index is -4.73. The number of pyridine rings is 9. The minimum absolute atomic E-state index is 0.0340. The zero-order valence-electron chi connectivity index (χ0n) is 82.9. The number of rotatable bonds is 31. The van der Waals surface area contributed by atoms with E-state index >= 15 is 0 Å². The summed E-state index contributed by atoms with van der Waals surface area (Å²) in [4.78, 5) is 89.0. The monoisotopic (exact) mass is 2100 g/mol. The molecule has 3 aromatic carbocycles. The molecular weight excluding hydrogens is 2000 g/mol. The van der Waals surface area contributed by atoms with Gasteiger partial charge in [0.05, 0.1) is 143 Å². The number of aromatic nitrogens is 9. The van der Waals surface area contributed by atoms with Crippen LogP contribution >= 0.6 is 0 Å². The summed E-state index contributed by atoms with van der Waals surface area (Å²) in [7, 11) is 5.84. The number of halogens is 15. The van der Waals surface area contributed by atoms with Crippen LogP contribution in [-0.2, 0) is 86.0 Å². The van der Waals surface area contributed by atoms with Gasteiger partial charge >= 0.3 is 18.5 Å². The number of nitrogens with zero attached hydrogens (tertiary/aromatic N) is 9. The van der Waals surface area contributed by atoms with E-state index in [1.807, 2.05) is 38.1 Å². The summed E-state index contributed by atoms with van der Waals surface area (Å²) in [6.45, 7) is 14.7. The van der Waals surface area contributed by atoms with Gasteiger partial charge in [0, 0.05) is 115 Å².